The van der Waals surface area contributed by atoms with E-state index in [2.05, 4.69) is 41.5 Å². The van der Waals surface area contributed by atoms with Crippen LogP contribution in [0, 0.1) is 0 Å². The summed E-state index contributed by atoms with van der Waals surface area (Å²) in [5.74, 6) is 5.12. The van der Waals surface area contributed by atoms with Crippen molar-refractivity contribution in [3.63, 3.8) is 0 Å². The van der Waals surface area contributed by atoms with E-state index in [1.165, 1.54) is 0 Å². The van der Waals surface area contributed by atoms with Gasteiger partial charge in [0.25, 0.3) is 0 Å². The molecule has 0 bridgehead atoms. The second kappa shape index (κ2) is 26.9. The maximum absolute atomic E-state index is 6.62. The van der Waals surface area contributed by atoms with Gasteiger partial charge in [-0.2, -0.15) is 0 Å². The molecule has 4 rings (SSSR count). The molecule has 0 aliphatic rings. The van der Waals surface area contributed by atoms with Gasteiger partial charge in [0.15, 0.2) is 23.0 Å². The number of benzene rings is 4. The lowest BCUT2D eigenvalue weighted by Crippen LogP contribution is -2.08. The zero-order valence-corrected chi connectivity index (χ0v) is 37.3. The van der Waals surface area contributed by atoms with Crippen molar-refractivity contribution in [2.24, 2.45) is 0 Å². The number of hydrogen-bond donors (Lipinski definition) is 2. The summed E-state index contributed by atoms with van der Waals surface area (Å²) in [6.45, 7) is 16.8. The van der Waals surface area contributed by atoms with Crippen molar-refractivity contribution in [2.45, 2.75) is 132 Å². The first-order valence-electron chi connectivity index (χ1n) is 22.5. The van der Waals surface area contributed by atoms with E-state index in [0.717, 1.165) is 99.3 Å². The Morgan fingerprint density at radius 3 is 0.900 bits per heavy atom. The van der Waals surface area contributed by atoms with Crippen molar-refractivity contribution in [1.29, 1.82) is 0 Å². The zero-order chi connectivity index (χ0) is 43.0. The first-order chi connectivity index (χ1) is 29.3. The Morgan fingerprint density at radius 2 is 0.617 bits per heavy atom. The SMILES string of the molecule is CCCCOc1cc(COc2cc(N)ccc2-c2ccc(N)cc2OCc2cc(OCCCC)c(OCCCC)c(OCCCC)c2)cc(OCCCC)c1OCCCC. The number of hydrogen-bond acceptors (Lipinski definition) is 10. The molecule has 4 aromatic carbocycles. The number of ether oxygens (including phenoxy) is 8. The van der Waals surface area contributed by atoms with Gasteiger partial charge < -0.3 is 49.4 Å². The summed E-state index contributed by atoms with van der Waals surface area (Å²) in [4.78, 5) is 0. The number of unbranched alkanes of at least 4 members (excludes halogenated alkanes) is 6. The lowest BCUT2D eigenvalue weighted by atomic mass is 10.0. The van der Waals surface area contributed by atoms with Crippen LogP contribution in [0.15, 0.2) is 60.7 Å². The van der Waals surface area contributed by atoms with Crippen LogP contribution in [0.2, 0.25) is 0 Å². The second-order valence-electron chi connectivity index (χ2n) is 15.1. The number of nitrogen functional groups attached to an aromatic ring is 2. The lowest BCUT2D eigenvalue weighted by Gasteiger charge is -2.20. The normalized spacial score (nSPS) is 11.0. The Bertz CT molecular complexity index is 1650. The molecule has 0 amide bonds. The summed E-state index contributed by atoms with van der Waals surface area (Å²) in [5, 5.41) is 0. The van der Waals surface area contributed by atoms with Crippen LogP contribution in [-0.4, -0.2) is 39.6 Å². The van der Waals surface area contributed by atoms with E-state index < -0.39 is 0 Å². The highest BCUT2D eigenvalue weighted by molar-refractivity contribution is 5.79. The fourth-order valence-electron chi connectivity index (χ4n) is 6.17. The molecule has 0 fully saturated rings. The second-order valence-corrected chi connectivity index (χ2v) is 15.1. The molecule has 0 aromatic heterocycles. The van der Waals surface area contributed by atoms with Crippen LogP contribution in [0.5, 0.6) is 46.0 Å². The van der Waals surface area contributed by atoms with Crippen molar-refractivity contribution < 1.29 is 37.9 Å². The molecule has 0 unspecified atom stereocenters. The van der Waals surface area contributed by atoms with Gasteiger partial charge in [0.1, 0.15) is 24.7 Å². The van der Waals surface area contributed by atoms with E-state index >= 15 is 0 Å². The molecule has 0 aliphatic carbocycles. The third-order valence-electron chi connectivity index (χ3n) is 9.76. The van der Waals surface area contributed by atoms with Gasteiger partial charge in [-0.05, 0) is 98.2 Å². The Hall–Kier alpha value is -5.12. The van der Waals surface area contributed by atoms with Gasteiger partial charge in [-0.3, -0.25) is 0 Å². The first-order valence-corrected chi connectivity index (χ1v) is 22.5. The van der Waals surface area contributed by atoms with E-state index in [9.17, 15) is 0 Å². The average molecular weight is 829 g/mol. The van der Waals surface area contributed by atoms with Gasteiger partial charge in [0.2, 0.25) is 11.5 Å². The molecule has 10 heteroatoms. The Balaban J connectivity index is 1.67. The van der Waals surface area contributed by atoms with Gasteiger partial charge in [-0.25, -0.2) is 0 Å². The van der Waals surface area contributed by atoms with Gasteiger partial charge >= 0.3 is 0 Å². The van der Waals surface area contributed by atoms with Crippen LogP contribution in [0.25, 0.3) is 11.1 Å². The molecule has 0 radical (unpaired) electrons. The predicted molar refractivity (Wildman–Crippen MR) is 245 cm³/mol. The average Bonchev–Trinajstić information content (AvgIpc) is 3.24. The summed E-state index contributed by atoms with van der Waals surface area (Å²) in [6.07, 6.45) is 11.7. The molecule has 0 atom stereocenters. The van der Waals surface area contributed by atoms with Crippen LogP contribution >= 0.6 is 0 Å². The van der Waals surface area contributed by atoms with Gasteiger partial charge in [0, 0.05) is 34.6 Å². The first kappa shape index (κ1) is 47.6. The monoisotopic (exact) mass is 829 g/mol. The minimum Gasteiger partial charge on any atom is -0.490 e. The van der Waals surface area contributed by atoms with E-state index in [4.69, 9.17) is 49.4 Å². The van der Waals surface area contributed by atoms with Gasteiger partial charge in [-0.15, -0.1) is 0 Å². The molecular weight excluding hydrogens is 757 g/mol. The smallest absolute Gasteiger partial charge is 0.203 e. The minimum absolute atomic E-state index is 0.236. The van der Waals surface area contributed by atoms with E-state index in [1.807, 2.05) is 60.7 Å². The fourth-order valence-corrected chi connectivity index (χ4v) is 6.17. The molecule has 4 N–H and O–H groups in total. The van der Waals surface area contributed by atoms with Crippen molar-refractivity contribution >= 4 is 11.4 Å². The number of rotatable bonds is 31. The van der Waals surface area contributed by atoms with Crippen LogP contribution in [0.3, 0.4) is 0 Å². The highest BCUT2D eigenvalue weighted by atomic mass is 16.5. The van der Waals surface area contributed by atoms with Crippen LogP contribution in [-0.2, 0) is 13.2 Å². The quantitative estimate of drug-likeness (QED) is 0.0374. The molecule has 0 heterocycles. The topological polar surface area (TPSA) is 126 Å². The zero-order valence-electron chi connectivity index (χ0n) is 37.3. The molecular formula is C50H72N2O8. The molecule has 0 saturated carbocycles. The van der Waals surface area contributed by atoms with E-state index in [-0.39, 0.29) is 13.2 Å². The molecule has 4 aromatic rings. The number of nitrogens with two attached hydrogens (primary N) is 2. The van der Waals surface area contributed by atoms with E-state index in [0.29, 0.717) is 97.0 Å². The van der Waals surface area contributed by atoms with Crippen LogP contribution in [0.1, 0.15) is 130 Å². The molecule has 0 spiro atoms. The minimum atomic E-state index is 0.236. The number of anilines is 2. The van der Waals surface area contributed by atoms with Crippen LogP contribution < -0.4 is 49.4 Å². The Labute approximate surface area is 360 Å². The Morgan fingerprint density at radius 1 is 0.333 bits per heavy atom. The lowest BCUT2D eigenvalue weighted by molar-refractivity contribution is 0.235. The summed E-state index contributed by atoms with van der Waals surface area (Å²) >= 11 is 0. The Kier molecular flexibility index (Phi) is 21.3. The van der Waals surface area contributed by atoms with Crippen molar-refractivity contribution in [3.8, 4) is 57.1 Å². The summed E-state index contributed by atoms with van der Waals surface area (Å²) in [7, 11) is 0. The van der Waals surface area contributed by atoms with E-state index in [1.54, 1.807) is 0 Å². The largest absolute Gasteiger partial charge is 0.490 e. The highest BCUT2D eigenvalue weighted by Crippen LogP contribution is 2.43. The highest BCUT2D eigenvalue weighted by Gasteiger charge is 2.20. The molecule has 0 aliphatic heterocycles. The summed E-state index contributed by atoms with van der Waals surface area (Å²) in [5.41, 5.74) is 17.3. The fraction of sp³-hybridized carbons (Fsp3) is 0.520. The molecule has 10 nitrogen and oxygen atoms in total. The third kappa shape index (κ3) is 15.2. The van der Waals surface area contributed by atoms with Crippen LogP contribution in [0.4, 0.5) is 11.4 Å². The third-order valence-corrected chi connectivity index (χ3v) is 9.76. The summed E-state index contributed by atoms with van der Waals surface area (Å²) in [6, 6.07) is 19.3. The van der Waals surface area contributed by atoms with Gasteiger partial charge in [0.05, 0.1) is 39.6 Å². The molecule has 60 heavy (non-hydrogen) atoms. The summed E-state index contributed by atoms with van der Waals surface area (Å²) < 4.78 is 51.1. The molecule has 0 saturated heterocycles. The maximum atomic E-state index is 6.62. The van der Waals surface area contributed by atoms with Crippen molar-refractivity contribution in [1.82, 2.24) is 0 Å². The van der Waals surface area contributed by atoms with Crippen molar-refractivity contribution in [2.75, 3.05) is 51.1 Å². The maximum Gasteiger partial charge on any atom is 0.203 e. The predicted octanol–water partition coefficient (Wildman–Crippen LogP) is 12.7. The van der Waals surface area contributed by atoms with Crippen molar-refractivity contribution in [3.05, 3.63) is 71.8 Å². The van der Waals surface area contributed by atoms with Gasteiger partial charge in [-0.1, -0.05) is 80.1 Å². The standard InChI is InChI=1S/C50H72N2O8/c1-7-13-23-53-45-29-37(30-46(54-24-14-8-2)49(45)57-27-17-11-5)35-59-43-33-39(51)19-21-41(43)42-22-20-40(52)34-44(42)60-36-38-31-47(55-25-15-9-3)50(58-28-18-12-6)48(32-38)56-26-16-10-4/h19-22,29-34H,7-18,23-28,35-36,51-52H2,1-6H3. The molecule has 330 valence electrons.